The van der Waals surface area contributed by atoms with E-state index in [1.807, 2.05) is 12.1 Å². The second-order valence-corrected chi connectivity index (χ2v) is 8.32. The van der Waals surface area contributed by atoms with Gasteiger partial charge in [-0.1, -0.05) is 0 Å². The number of sulfonamides is 1. The molecule has 1 aliphatic rings. The summed E-state index contributed by atoms with van der Waals surface area (Å²) in [6.45, 7) is 0. The molecule has 0 saturated carbocycles. The molecule has 0 atom stereocenters. The van der Waals surface area contributed by atoms with Crippen LogP contribution in [-0.2, 0) is 10.0 Å². The topological polar surface area (TPSA) is 46.6 Å². The normalized spacial score (nSPS) is 16.2. The summed E-state index contributed by atoms with van der Waals surface area (Å²) in [5.74, 6) is 0.713. The second kappa shape index (κ2) is 4.56. The molecule has 4 nitrogen and oxygen atoms in total. The van der Waals surface area contributed by atoms with Gasteiger partial charge in [0, 0.05) is 0 Å². The van der Waals surface area contributed by atoms with E-state index >= 15 is 0 Å². The van der Waals surface area contributed by atoms with E-state index in [0.717, 1.165) is 4.46 Å². The summed E-state index contributed by atoms with van der Waals surface area (Å²) in [6, 6.07) is 14.2. The number of hydrogen-bond donors (Lipinski definition) is 0. The fourth-order valence-electron chi connectivity index (χ4n) is 1.86. The Labute approximate surface area is 118 Å². The predicted molar refractivity (Wildman–Crippen MR) is 74.5 cm³/mol. The van der Waals surface area contributed by atoms with E-state index in [0.29, 0.717) is 16.3 Å². The number of fused-ring (bicyclic) bond motifs is 1. The number of anilines is 1. The first-order valence-electron chi connectivity index (χ1n) is 5.59. The van der Waals surface area contributed by atoms with Gasteiger partial charge in [-0.3, -0.25) is 0 Å². The van der Waals surface area contributed by atoms with Crippen LogP contribution in [0.2, 0.25) is 0 Å². The first-order chi connectivity index (χ1) is 9.13. The number of ether oxygens (including phenoxy) is 1. The van der Waals surface area contributed by atoms with Crippen molar-refractivity contribution in [2.24, 2.45) is 0 Å². The molecule has 1 heterocycles. The SMILES string of the molecule is COc1ccc(N2[Se]c3ccccc3S2(=O)=O)cc1. The molecule has 0 fully saturated rings. The first kappa shape index (κ1) is 12.5. The first-order valence-corrected chi connectivity index (χ1v) is 8.65. The van der Waals surface area contributed by atoms with Crippen LogP contribution in [0.25, 0.3) is 0 Å². The zero-order valence-electron chi connectivity index (χ0n) is 10.1. The minimum absolute atomic E-state index is 0.246. The molecule has 1 aliphatic heterocycles. The van der Waals surface area contributed by atoms with Crippen LogP contribution in [0.4, 0.5) is 5.69 Å². The Morgan fingerprint density at radius 3 is 2.37 bits per heavy atom. The van der Waals surface area contributed by atoms with Crippen LogP contribution in [0.5, 0.6) is 5.75 Å². The van der Waals surface area contributed by atoms with Gasteiger partial charge in [-0.25, -0.2) is 0 Å². The molecule has 0 N–H and O–H groups in total. The van der Waals surface area contributed by atoms with E-state index in [9.17, 15) is 8.42 Å². The van der Waals surface area contributed by atoms with Gasteiger partial charge < -0.3 is 0 Å². The third-order valence-corrected chi connectivity index (χ3v) is 8.23. The maximum atomic E-state index is 12.4. The van der Waals surface area contributed by atoms with Crippen molar-refractivity contribution in [3.05, 3.63) is 48.5 Å². The van der Waals surface area contributed by atoms with Crippen molar-refractivity contribution in [2.45, 2.75) is 4.90 Å². The van der Waals surface area contributed by atoms with E-state index in [2.05, 4.69) is 0 Å². The van der Waals surface area contributed by atoms with Crippen LogP contribution in [0.1, 0.15) is 0 Å². The molecule has 3 rings (SSSR count). The van der Waals surface area contributed by atoms with E-state index < -0.39 is 10.0 Å². The third kappa shape index (κ3) is 2.02. The second-order valence-electron chi connectivity index (χ2n) is 3.97. The van der Waals surface area contributed by atoms with Crippen molar-refractivity contribution in [3.8, 4) is 5.75 Å². The molecule has 0 bridgehead atoms. The van der Waals surface area contributed by atoms with Gasteiger partial charge in [0.2, 0.25) is 0 Å². The van der Waals surface area contributed by atoms with E-state index in [-0.39, 0.29) is 15.2 Å². The van der Waals surface area contributed by atoms with Crippen molar-refractivity contribution in [3.63, 3.8) is 0 Å². The molecule has 0 saturated heterocycles. The summed E-state index contributed by atoms with van der Waals surface area (Å²) >= 11 is -0.246. The summed E-state index contributed by atoms with van der Waals surface area (Å²) in [4.78, 5) is 0.422. The van der Waals surface area contributed by atoms with Crippen molar-refractivity contribution >= 4 is 35.3 Å². The molecule has 0 amide bonds. The van der Waals surface area contributed by atoms with Crippen molar-refractivity contribution < 1.29 is 13.2 Å². The van der Waals surface area contributed by atoms with Crippen molar-refractivity contribution in [1.29, 1.82) is 0 Å². The van der Waals surface area contributed by atoms with Gasteiger partial charge in [-0.15, -0.1) is 0 Å². The van der Waals surface area contributed by atoms with Crippen LogP contribution < -0.4 is 12.5 Å². The van der Waals surface area contributed by atoms with Crippen molar-refractivity contribution in [2.75, 3.05) is 10.4 Å². The van der Waals surface area contributed by atoms with Crippen LogP contribution in [0.15, 0.2) is 53.4 Å². The Hall–Kier alpha value is -1.49. The minimum atomic E-state index is -3.40. The third-order valence-electron chi connectivity index (χ3n) is 2.81. The van der Waals surface area contributed by atoms with Gasteiger partial charge in [-0.2, -0.15) is 0 Å². The summed E-state index contributed by atoms with van der Waals surface area (Å²) in [5.41, 5.74) is 0.678. The Balaban J connectivity index is 2.04. The summed E-state index contributed by atoms with van der Waals surface area (Å²) in [7, 11) is -1.81. The molecule has 0 unspecified atom stereocenters. The average molecular weight is 340 g/mol. The summed E-state index contributed by atoms with van der Waals surface area (Å²) in [6.07, 6.45) is 0. The Kier molecular flexibility index (Phi) is 3.01. The molecule has 98 valence electrons. The van der Waals surface area contributed by atoms with Gasteiger partial charge in [0.25, 0.3) is 0 Å². The molecule has 0 radical (unpaired) electrons. The average Bonchev–Trinajstić information content (AvgIpc) is 2.71. The van der Waals surface area contributed by atoms with Crippen molar-refractivity contribution in [1.82, 2.24) is 0 Å². The van der Waals surface area contributed by atoms with Gasteiger partial charge in [0.15, 0.2) is 0 Å². The van der Waals surface area contributed by atoms with E-state index in [1.165, 1.54) is 3.32 Å². The molecule has 0 aliphatic carbocycles. The molecule has 19 heavy (non-hydrogen) atoms. The monoisotopic (exact) mass is 341 g/mol. The molecular weight excluding hydrogens is 329 g/mol. The summed E-state index contributed by atoms with van der Waals surface area (Å²) < 4.78 is 32.4. The fourth-order valence-corrected chi connectivity index (χ4v) is 6.98. The van der Waals surface area contributed by atoms with Crippen LogP contribution >= 0.6 is 0 Å². The van der Waals surface area contributed by atoms with Crippen LogP contribution in [0.3, 0.4) is 0 Å². The zero-order chi connectivity index (χ0) is 13.5. The fraction of sp³-hybridized carbons (Fsp3) is 0.0769. The molecular formula is C13H11NO3SSe. The van der Waals surface area contributed by atoms with E-state index in [1.54, 1.807) is 43.5 Å². The van der Waals surface area contributed by atoms with Crippen LogP contribution in [0, 0.1) is 0 Å². The summed E-state index contributed by atoms with van der Waals surface area (Å²) in [5, 5.41) is 0. The Morgan fingerprint density at radius 2 is 1.74 bits per heavy atom. The molecule has 0 aromatic heterocycles. The quantitative estimate of drug-likeness (QED) is 0.771. The molecule has 2 aromatic carbocycles. The molecule has 6 heteroatoms. The van der Waals surface area contributed by atoms with Crippen LogP contribution in [-0.4, -0.2) is 30.7 Å². The number of rotatable bonds is 2. The standard InChI is InChI=1S/C13H11NO3SSe/c1-17-11-8-6-10(7-9-11)14-18(15,16)12-4-2-3-5-13(12)19-14/h2-9H,1H3. The Bertz CT molecular complexity index is 713. The number of methoxy groups -OCH3 is 1. The van der Waals surface area contributed by atoms with Gasteiger partial charge >= 0.3 is 118 Å². The van der Waals surface area contributed by atoms with Gasteiger partial charge in [0.05, 0.1) is 0 Å². The van der Waals surface area contributed by atoms with Gasteiger partial charge in [-0.05, 0) is 0 Å². The predicted octanol–water partition coefficient (Wildman–Crippen LogP) is 1.15. The van der Waals surface area contributed by atoms with E-state index in [4.69, 9.17) is 4.74 Å². The molecule has 0 spiro atoms. The molecule has 2 aromatic rings. The zero-order valence-corrected chi connectivity index (χ0v) is 12.6. The van der Waals surface area contributed by atoms with Gasteiger partial charge in [0.1, 0.15) is 0 Å². The number of hydrogen-bond acceptors (Lipinski definition) is 3. The maximum absolute atomic E-state index is 12.4. The number of nitrogens with zero attached hydrogens (tertiary/aromatic N) is 1. The Morgan fingerprint density at radius 1 is 1.05 bits per heavy atom. The number of benzene rings is 2.